The fraction of sp³-hybridized carbons (Fsp3) is 0.368. The summed E-state index contributed by atoms with van der Waals surface area (Å²) < 4.78 is 22.9. The summed E-state index contributed by atoms with van der Waals surface area (Å²) in [6.45, 7) is 0.201. The topological polar surface area (TPSA) is 103 Å². The van der Waals surface area contributed by atoms with Crippen LogP contribution in [0.25, 0.3) is 0 Å². The standard InChI is InChI=1S/C19H21NO6/c20-12-6-8-13(9-7-12)24-17-15(21)16-14(25-18(17)22)10-23-19(26-16)11-4-2-1-3-5-11/h1-9,14-19,21-22H,10,20H2/t14-,15+,16-,17-,18+,19?/m1/s1. The van der Waals surface area contributed by atoms with E-state index >= 15 is 0 Å². The van der Waals surface area contributed by atoms with E-state index in [-0.39, 0.29) is 6.61 Å². The summed E-state index contributed by atoms with van der Waals surface area (Å²) in [6.07, 6.45) is -5.25. The molecule has 0 radical (unpaired) electrons. The molecule has 26 heavy (non-hydrogen) atoms. The molecule has 4 N–H and O–H groups in total. The smallest absolute Gasteiger partial charge is 0.195 e. The Hall–Kier alpha value is -2.16. The lowest BCUT2D eigenvalue weighted by atomic mass is 9.97. The number of hydrogen-bond donors (Lipinski definition) is 3. The minimum absolute atomic E-state index is 0.201. The number of ether oxygens (including phenoxy) is 4. The van der Waals surface area contributed by atoms with E-state index in [0.717, 1.165) is 5.56 Å². The molecule has 0 bridgehead atoms. The average molecular weight is 359 g/mol. The predicted octanol–water partition coefficient (Wildman–Crippen LogP) is 1.21. The zero-order valence-corrected chi connectivity index (χ0v) is 14.0. The van der Waals surface area contributed by atoms with E-state index < -0.39 is 37.0 Å². The SMILES string of the molecule is Nc1ccc(O[C@@H]2[C@@H](O)[C@@H]3OC(c4ccccc4)OC[C@H]3O[C@@H]2O)cc1. The first kappa shape index (κ1) is 17.3. The zero-order chi connectivity index (χ0) is 18.1. The highest BCUT2D eigenvalue weighted by molar-refractivity contribution is 5.41. The number of benzene rings is 2. The van der Waals surface area contributed by atoms with Crippen molar-refractivity contribution < 1.29 is 29.2 Å². The van der Waals surface area contributed by atoms with E-state index in [1.807, 2.05) is 30.3 Å². The number of aliphatic hydroxyl groups is 2. The van der Waals surface area contributed by atoms with E-state index in [2.05, 4.69) is 0 Å². The second-order valence-corrected chi connectivity index (χ2v) is 6.38. The number of anilines is 1. The molecule has 2 heterocycles. The van der Waals surface area contributed by atoms with Crippen LogP contribution in [0.2, 0.25) is 0 Å². The third-order valence-corrected chi connectivity index (χ3v) is 4.55. The van der Waals surface area contributed by atoms with Crippen LogP contribution in [0.5, 0.6) is 5.75 Å². The minimum Gasteiger partial charge on any atom is -0.482 e. The maximum atomic E-state index is 10.7. The van der Waals surface area contributed by atoms with Crippen LogP contribution >= 0.6 is 0 Å². The summed E-state index contributed by atoms with van der Waals surface area (Å²) in [5, 5.41) is 21.0. The quantitative estimate of drug-likeness (QED) is 0.708. The van der Waals surface area contributed by atoms with Gasteiger partial charge in [0.05, 0.1) is 6.61 Å². The van der Waals surface area contributed by atoms with Crippen LogP contribution in [0.4, 0.5) is 5.69 Å². The van der Waals surface area contributed by atoms with E-state index in [9.17, 15) is 10.2 Å². The molecule has 7 heteroatoms. The van der Waals surface area contributed by atoms with E-state index in [4.69, 9.17) is 24.7 Å². The van der Waals surface area contributed by atoms with Crippen LogP contribution in [0.1, 0.15) is 11.9 Å². The Morgan fingerprint density at radius 3 is 2.42 bits per heavy atom. The van der Waals surface area contributed by atoms with Gasteiger partial charge >= 0.3 is 0 Å². The average Bonchev–Trinajstić information content (AvgIpc) is 2.67. The number of aliphatic hydroxyl groups excluding tert-OH is 2. The monoisotopic (exact) mass is 359 g/mol. The molecule has 2 fully saturated rings. The third-order valence-electron chi connectivity index (χ3n) is 4.55. The summed E-state index contributed by atoms with van der Waals surface area (Å²) in [7, 11) is 0. The first-order valence-electron chi connectivity index (χ1n) is 8.47. The summed E-state index contributed by atoms with van der Waals surface area (Å²) in [6, 6.07) is 16.1. The molecule has 0 aromatic heterocycles. The summed E-state index contributed by atoms with van der Waals surface area (Å²) >= 11 is 0. The van der Waals surface area contributed by atoms with Crippen molar-refractivity contribution in [3.8, 4) is 5.75 Å². The predicted molar refractivity (Wildman–Crippen MR) is 92.2 cm³/mol. The van der Waals surface area contributed by atoms with Gasteiger partial charge in [-0.2, -0.15) is 0 Å². The van der Waals surface area contributed by atoms with Gasteiger partial charge in [-0.05, 0) is 24.3 Å². The highest BCUT2D eigenvalue weighted by Gasteiger charge is 2.50. The van der Waals surface area contributed by atoms with Gasteiger partial charge in [-0.25, -0.2) is 0 Å². The highest BCUT2D eigenvalue weighted by atomic mass is 16.7. The van der Waals surface area contributed by atoms with Crippen molar-refractivity contribution in [3.05, 3.63) is 60.2 Å². The van der Waals surface area contributed by atoms with Crippen molar-refractivity contribution in [1.82, 2.24) is 0 Å². The Balaban J connectivity index is 1.49. The van der Waals surface area contributed by atoms with Crippen LogP contribution in [0, 0.1) is 0 Å². The van der Waals surface area contributed by atoms with Gasteiger partial charge in [-0.3, -0.25) is 0 Å². The van der Waals surface area contributed by atoms with Gasteiger partial charge in [0, 0.05) is 11.3 Å². The fourth-order valence-electron chi connectivity index (χ4n) is 3.19. The van der Waals surface area contributed by atoms with Crippen LogP contribution in [0.3, 0.4) is 0 Å². The number of fused-ring (bicyclic) bond motifs is 1. The highest BCUT2D eigenvalue weighted by Crippen LogP contribution is 2.34. The Bertz CT molecular complexity index is 725. The van der Waals surface area contributed by atoms with E-state index in [1.165, 1.54) is 0 Å². The number of nitrogens with two attached hydrogens (primary N) is 1. The second-order valence-electron chi connectivity index (χ2n) is 6.38. The van der Waals surface area contributed by atoms with Crippen molar-refractivity contribution in [3.63, 3.8) is 0 Å². The molecule has 6 atom stereocenters. The molecule has 0 spiro atoms. The van der Waals surface area contributed by atoms with Crippen LogP contribution in [-0.2, 0) is 14.2 Å². The van der Waals surface area contributed by atoms with E-state index in [1.54, 1.807) is 24.3 Å². The molecule has 138 valence electrons. The maximum Gasteiger partial charge on any atom is 0.195 e. The first-order valence-corrected chi connectivity index (χ1v) is 8.47. The molecule has 4 rings (SSSR count). The molecule has 2 aromatic carbocycles. The Labute approximate surface area is 150 Å². The summed E-state index contributed by atoms with van der Waals surface area (Å²) in [5.74, 6) is 0.469. The number of nitrogen functional groups attached to an aromatic ring is 1. The molecule has 1 unspecified atom stereocenters. The first-order chi connectivity index (χ1) is 12.6. The molecule has 2 aliphatic rings. The molecular weight excluding hydrogens is 338 g/mol. The van der Waals surface area contributed by atoms with Crippen molar-refractivity contribution >= 4 is 5.69 Å². The Kier molecular flexibility index (Phi) is 4.80. The van der Waals surface area contributed by atoms with Crippen molar-refractivity contribution in [2.75, 3.05) is 12.3 Å². The molecule has 2 saturated heterocycles. The van der Waals surface area contributed by atoms with Crippen LogP contribution in [0.15, 0.2) is 54.6 Å². The lowest BCUT2D eigenvalue weighted by Gasteiger charge is -2.46. The van der Waals surface area contributed by atoms with Gasteiger partial charge in [0.15, 0.2) is 18.7 Å². The molecular formula is C19H21NO6. The largest absolute Gasteiger partial charge is 0.482 e. The second kappa shape index (κ2) is 7.22. The molecule has 0 saturated carbocycles. The number of rotatable bonds is 3. The van der Waals surface area contributed by atoms with Crippen molar-refractivity contribution in [1.29, 1.82) is 0 Å². The molecule has 2 aliphatic heterocycles. The van der Waals surface area contributed by atoms with Gasteiger partial charge in [0.25, 0.3) is 0 Å². The minimum atomic E-state index is -1.30. The lowest BCUT2D eigenvalue weighted by molar-refractivity contribution is -0.351. The number of hydrogen-bond acceptors (Lipinski definition) is 7. The normalized spacial score (nSPS) is 34.1. The van der Waals surface area contributed by atoms with Gasteiger partial charge in [0.2, 0.25) is 0 Å². The third kappa shape index (κ3) is 3.40. The van der Waals surface area contributed by atoms with Crippen LogP contribution in [-0.4, -0.2) is 47.5 Å². The van der Waals surface area contributed by atoms with E-state index in [0.29, 0.717) is 11.4 Å². The Morgan fingerprint density at radius 2 is 1.69 bits per heavy atom. The van der Waals surface area contributed by atoms with Gasteiger partial charge in [-0.1, -0.05) is 30.3 Å². The van der Waals surface area contributed by atoms with Crippen molar-refractivity contribution in [2.24, 2.45) is 0 Å². The molecule has 0 aliphatic carbocycles. The summed E-state index contributed by atoms with van der Waals surface area (Å²) in [4.78, 5) is 0. The zero-order valence-electron chi connectivity index (χ0n) is 14.0. The van der Waals surface area contributed by atoms with Crippen LogP contribution < -0.4 is 10.5 Å². The lowest BCUT2D eigenvalue weighted by Crippen LogP contribution is -2.63. The molecule has 0 amide bonds. The Morgan fingerprint density at radius 1 is 0.962 bits per heavy atom. The molecule has 2 aromatic rings. The fourth-order valence-corrected chi connectivity index (χ4v) is 3.19. The van der Waals surface area contributed by atoms with Gasteiger partial charge in [0.1, 0.15) is 24.1 Å². The van der Waals surface area contributed by atoms with Gasteiger partial charge in [-0.15, -0.1) is 0 Å². The summed E-state index contributed by atoms with van der Waals surface area (Å²) in [5.41, 5.74) is 7.10. The van der Waals surface area contributed by atoms with Crippen molar-refractivity contribution in [2.45, 2.75) is 37.0 Å². The molecule has 7 nitrogen and oxygen atoms in total. The maximum absolute atomic E-state index is 10.7. The van der Waals surface area contributed by atoms with Gasteiger partial charge < -0.3 is 34.9 Å².